The molecule has 100 valence electrons. The molecule has 2 nitrogen and oxygen atoms in total. The number of carbonyl (C=O) groups is 1. The van der Waals surface area contributed by atoms with Crippen LogP contribution in [-0.4, -0.2) is 11.9 Å². The lowest BCUT2D eigenvalue weighted by Crippen LogP contribution is -2.23. The van der Waals surface area contributed by atoms with Crippen LogP contribution in [0.25, 0.3) is 0 Å². The summed E-state index contributed by atoms with van der Waals surface area (Å²) >= 11 is 0. The number of hydrogen-bond donors (Lipinski definition) is 0. The zero-order valence-electron chi connectivity index (χ0n) is 11.4. The van der Waals surface area contributed by atoms with E-state index < -0.39 is 0 Å². The summed E-state index contributed by atoms with van der Waals surface area (Å²) in [7, 11) is 0. The van der Waals surface area contributed by atoms with E-state index in [4.69, 9.17) is 4.74 Å². The molecule has 0 saturated carbocycles. The quantitative estimate of drug-likeness (QED) is 0.535. The molecule has 2 heteroatoms. The van der Waals surface area contributed by atoms with Crippen molar-refractivity contribution in [3.05, 3.63) is 23.5 Å². The molecular formula is C16H24O2. The molecule has 0 aromatic rings. The van der Waals surface area contributed by atoms with Crippen molar-refractivity contribution in [1.82, 2.24) is 0 Å². The lowest BCUT2D eigenvalue weighted by molar-refractivity contribution is -0.117. The SMILES string of the molecule is CCCCC/C=C/[C@@H]1CCC2=C(CCCC2=O)O1. The minimum Gasteiger partial charge on any atom is -0.490 e. The lowest BCUT2D eigenvalue weighted by atomic mass is 9.90. The summed E-state index contributed by atoms with van der Waals surface area (Å²) in [6.45, 7) is 2.22. The van der Waals surface area contributed by atoms with Gasteiger partial charge in [-0.15, -0.1) is 0 Å². The molecule has 0 aromatic heterocycles. The molecule has 2 rings (SSSR count). The van der Waals surface area contributed by atoms with Gasteiger partial charge >= 0.3 is 0 Å². The largest absolute Gasteiger partial charge is 0.490 e. The molecule has 0 amide bonds. The molecule has 0 unspecified atom stereocenters. The Kier molecular flexibility index (Phi) is 5.03. The van der Waals surface area contributed by atoms with Gasteiger partial charge in [0, 0.05) is 18.4 Å². The highest BCUT2D eigenvalue weighted by Gasteiger charge is 2.27. The van der Waals surface area contributed by atoms with E-state index >= 15 is 0 Å². The van der Waals surface area contributed by atoms with Crippen molar-refractivity contribution in [2.75, 3.05) is 0 Å². The van der Waals surface area contributed by atoms with Crippen molar-refractivity contribution in [1.29, 1.82) is 0 Å². The first-order valence-corrected chi connectivity index (χ1v) is 7.39. The van der Waals surface area contributed by atoms with Crippen molar-refractivity contribution in [3.8, 4) is 0 Å². The van der Waals surface area contributed by atoms with Crippen molar-refractivity contribution < 1.29 is 9.53 Å². The normalized spacial score (nSPS) is 24.3. The second-order valence-corrected chi connectivity index (χ2v) is 5.30. The van der Waals surface area contributed by atoms with Crippen LogP contribution in [0.1, 0.15) is 64.7 Å². The highest BCUT2D eigenvalue weighted by molar-refractivity contribution is 5.96. The van der Waals surface area contributed by atoms with Crippen molar-refractivity contribution in [3.63, 3.8) is 0 Å². The van der Waals surface area contributed by atoms with E-state index in [1.165, 1.54) is 19.3 Å². The Hall–Kier alpha value is -1.05. The fraction of sp³-hybridized carbons (Fsp3) is 0.688. The average molecular weight is 248 g/mol. The van der Waals surface area contributed by atoms with Gasteiger partial charge in [-0.25, -0.2) is 0 Å². The van der Waals surface area contributed by atoms with Gasteiger partial charge in [-0.3, -0.25) is 4.79 Å². The van der Waals surface area contributed by atoms with Crippen molar-refractivity contribution in [2.45, 2.75) is 70.8 Å². The van der Waals surface area contributed by atoms with Crippen LogP contribution in [0.3, 0.4) is 0 Å². The second-order valence-electron chi connectivity index (χ2n) is 5.30. The molecule has 0 aromatic carbocycles. The minimum atomic E-state index is 0.205. The number of rotatable bonds is 5. The zero-order valence-corrected chi connectivity index (χ0v) is 11.4. The fourth-order valence-electron chi connectivity index (χ4n) is 2.70. The van der Waals surface area contributed by atoms with Crippen LogP contribution < -0.4 is 0 Å². The Bertz CT molecular complexity index is 352. The molecule has 1 aliphatic carbocycles. The van der Waals surface area contributed by atoms with Crippen LogP contribution >= 0.6 is 0 Å². The molecule has 0 saturated heterocycles. The molecule has 1 atom stereocenters. The molecule has 1 aliphatic heterocycles. The van der Waals surface area contributed by atoms with Crippen LogP contribution in [-0.2, 0) is 9.53 Å². The Labute approximate surface area is 110 Å². The molecule has 2 aliphatic rings. The van der Waals surface area contributed by atoms with E-state index in [-0.39, 0.29) is 6.10 Å². The summed E-state index contributed by atoms with van der Waals surface area (Å²) in [5.41, 5.74) is 0.983. The number of unbranched alkanes of at least 4 members (excludes halogenated alkanes) is 3. The maximum absolute atomic E-state index is 11.7. The van der Waals surface area contributed by atoms with E-state index in [2.05, 4.69) is 19.1 Å². The second kappa shape index (κ2) is 6.77. The molecule has 18 heavy (non-hydrogen) atoms. The number of ketones is 1. The van der Waals surface area contributed by atoms with Gasteiger partial charge < -0.3 is 4.74 Å². The maximum atomic E-state index is 11.7. The third-order valence-corrected chi connectivity index (χ3v) is 3.78. The molecule has 0 bridgehead atoms. The van der Waals surface area contributed by atoms with Crippen LogP contribution in [0.2, 0.25) is 0 Å². The van der Waals surface area contributed by atoms with Crippen molar-refractivity contribution >= 4 is 5.78 Å². The summed E-state index contributed by atoms with van der Waals surface area (Å²) in [4.78, 5) is 11.7. The van der Waals surface area contributed by atoms with Gasteiger partial charge in [0.15, 0.2) is 5.78 Å². The predicted octanol–water partition coefficient (Wildman–Crippen LogP) is 4.31. The van der Waals surface area contributed by atoms with Crippen LogP contribution in [0.15, 0.2) is 23.5 Å². The number of Topliss-reactive ketones (excluding diaryl/α,β-unsaturated/α-hetero) is 1. The highest BCUT2D eigenvalue weighted by atomic mass is 16.5. The van der Waals surface area contributed by atoms with Crippen LogP contribution in [0, 0.1) is 0 Å². The van der Waals surface area contributed by atoms with E-state index in [1.807, 2.05) is 0 Å². The molecule has 0 fully saturated rings. The molecule has 0 N–H and O–H groups in total. The minimum absolute atomic E-state index is 0.205. The van der Waals surface area contributed by atoms with Gasteiger partial charge in [-0.1, -0.05) is 25.8 Å². The number of allylic oxidation sites excluding steroid dienone is 3. The highest BCUT2D eigenvalue weighted by Crippen LogP contribution is 2.32. The molecule has 0 spiro atoms. The van der Waals surface area contributed by atoms with Crippen LogP contribution in [0.5, 0.6) is 0 Å². The van der Waals surface area contributed by atoms with E-state index in [0.29, 0.717) is 5.78 Å². The average Bonchev–Trinajstić information content (AvgIpc) is 2.39. The first-order valence-electron chi connectivity index (χ1n) is 7.39. The van der Waals surface area contributed by atoms with Gasteiger partial charge in [0.05, 0.1) is 0 Å². The Balaban J connectivity index is 1.82. The van der Waals surface area contributed by atoms with Crippen LogP contribution in [0.4, 0.5) is 0 Å². The maximum Gasteiger partial charge on any atom is 0.162 e. The zero-order chi connectivity index (χ0) is 12.8. The Morgan fingerprint density at radius 3 is 3.00 bits per heavy atom. The first-order chi connectivity index (χ1) is 8.81. The van der Waals surface area contributed by atoms with E-state index in [0.717, 1.165) is 49.9 Å². The first kappa shape index (κ1) is 13.4. The summed E-state index contributed by atoms with van der Waals surface area (Å²) in [5, 5.41) is 0. The van der Waals surface area contributed by atoms with Gasteiger partial charge in [0.2, 0.25) is 0 Å². The third-order valence-electron chi connectivity index (χ3n) is 3.78. The van der Waals surface area contributed by atoms with E-state index in [1.54, 1.807) is 0 Å². The molecular weight excluding hydrogens is 224 g/mol. The number of carbonyl (C=O) groups excluding carboxylic acids is 1. The summed E-state index contributed by atoms with van der Waals surface area (Å²) < 4.78 is 5.94. The third kappa shape index (κ3) is 3.47. The number of hydrogen-bond acceptors (Lipinski definition) is 2. The standard InChI is InChI=1S/C16H24O2/c1-2-3-4-5-6-8-13-11-12-14-15(17)9-7-10-16(14)18-13/h6,8,13H,2-5,7,9-12H2,1H3/b8-6+/t13-/m1/s1. The Morgan fingerprint density at radius 2 is 2.17 bits per heavy atom. The molecule has 0 radical (unpaired) electrons. The number of ether oxygens (including phenoxy) is 1. The van der Waals surface area contributed by atoms with Gasteiger partial charge in [0.1, 0.15) is 11.9 Å². The van der Waals surface area contributed by atoms with Gasteiger partial charge in [-0.05, 0) is 38.2 Å². The van der Waals surface area contributed by atoms with Crippen molar-refractivity contribution in [2.24, 2.45) is 0 Å². The van der Waals surface area contributed by atoms with Gasteiger partial charge in [0.25, 0.3) is 0 Å². The monoisotopic (exact) mass is 248 g/mol. The summed E-state index contributed by atoms with van der Waals surface area (Å²) in [5.74, 6) is 1.31. The van der Waals surface area contributed by atoms with Gasteiger partial charge in [-0.2, -0.15) is 0 Å². The smallest absolute Gasteiger partial charge is 0.162 e. The topological polar surface area (TPSA) is 26.3 Å². The van der Waals surface area contributed by atoms with E-state index in [9.17, 15) is 4.79 Å². The Morgan fingerprint density at radius 1 is 1.28 bits per heavy atom. The lowest BCUT2D eigenvalue weighted by Gasteiger charge is -2.29. The molecule has 1 heterocycles. The summed E-state index contributed by atoms with van der Waals surface area (Å²) in [6, 6.07) is 0. The predicted molar refractivity (Wildman–Crippen MR) is 73.3 cm³/mol. The fourth-order valence-corrected chi connectivity index (χ4v) is 2.70. The summed E-state index contributed by atoms with van der Waals surface area (Å²) in [6.07, 6.45) is 14.2.